The number of hydrogen-bond acceptors (Lipinski definition) is 4. The number of rotatable bonds is 1. The van der Waals surface area contributed by atoms with Crippen LogP contribution in [0, 0.1) is 0 Å². The third-order valence-electron chi connectivity index (χ3n) is 3.17. The molecule has 18 heavy (non-hydrogen) atoms. The average Bonchev–Trinajstić information content (AvgIpc) is 2.63. The number of nitrogens with zero attached hydrogens (tertiary/aromatic N) is 1. The number of hydrogen-bond donors (Lipinski definition) is 1. The van der Waals surface area contributed by atoms with Crippen molar-refractivity contribution < 1.29 is 14.3 Å². The maximum Gasteiger partial charge on any atom is 0.228 e. The Morgan fingerprint density at radius 2 is 1.94 bits per heavy atom. The first-order valence-corrected chi connectivity index (χ1v) is 6.25. The zero-order chi connectivity index (χ0) is 12.4. The molecule has 0 aromatic heterocycles. The minimum Gasteiger partial charge on any atom is -0.486 e. The van der Waals surface area contributed by atoms with Gasteiger partial charge < -0.3 is 19.7 Å². The molecule has 1 amide bonds. The van der Waals surface area contributed by atoms with Crippen molar-refractivity contribution in [2.45, 2.75) is 6.42 Å². The molecule has 1 fully saturated rings. The summed E-state index contributed by atoms with van der Waals surface area (Å²) in [6.45, 7) is 3.41. The van der Waals surface area contributed by atoms with Gasteiger partial charge in [0.2, 0.25) is 5.91 Å². The highest BCUT2D eigenvalue weighted by Gasteiger charge is 2.20. The lowest BCUT2D eigenvalue weighted by atomic mass is 10.2. The van der Waals surface area contributed by atoms with Crippen molar-refractivity contribution in [1.82, 2.24) is 5.32 Å². The van der Waals surface area contributed by atoms with Crippen molar-refractivity contribution in [3.05, 3.63) is 18.2 Å². The third-order valence-corrected chi connectivity index (χ3v) is 3.17. The minimum atomic E-state index is 0.150. The zero-order valence-electron chi connectivity index (χ0n) is 10.1. The van der Waals surface area contributed by atoms with Crippen LogP contribution >= 0.6 is 0 Å². The van der Waals surface area contributed by atoms with Gasteiger partial charge in [-0.05, 0) is 12.1 Å². The molecule has 0 bridgehead atoms. The fourth-order valence-electron chi connectivity index (χ4n) is 2.24. The van der Waals surface area contributed by atoms with Gasteiger partial charge in [0, 0.05) is 37.8 Å². The third kappa shape index (κ3) is 2.13. The van der Waals surface area contributed by atoms with Gasteiger partial charge in [-0.15, -0.1) is 0 Å². The summed E-state index contributed by atoms with van der Waals surface area (Å²) in [6, 6.07) is 5.67. The van der Waals surface area contributed by atoms with Crippen molar-refractivity contribution in [2.24, 2.45) is 0 Å². The molecule has 0 spiro atoms. The lowest BCUT2D eigenvalue weighted by molar-refractivity contribution is -0.118. The Hall–Kier alpha value is -1.75. The first kappa shape index (κ1) is 11.3. The van der Waals surface area contributed by atoms with Gasteiger partial charge in [0.1, 0.15) is 13.2 Å². The first-order valence-electron chi connectivity index (χ1n) is 6.25. The summed E-state index contributed by atoms with van der Waals surface area (Å²) in [5.74, 6) is 1.63. The van der Waals surface area contributed by atoms with Crippen molar-refractivity contribution in [3.63, 3.8) is 0 Å². The lowest BCUT2D eigenvalue weighted by Gasteiger charge is -2.24. The number of ether oxygens (including phenoxy) is 2. The molecule has 1 saturated heterocycles. The largest absolute Gasteiger partial charge is 0.486 e. The monoisotopic (exact) mass is 248 g/mol. The molecular formula is C13H16N2O3. The minimum absolute atomic E-state index is 0.150. The second-order valence-corrected chi connectivity index (χ2v) is 4.37. The maximum atomic E-state index is 12.0. The predicted molar refractivity (Wildman–Crippen MR) is 67.3 cm³/mol. The van der Waals surface area contributed by atoms with E-state index in [1.165, 1.54) is 0 Å². The van der Waals surface area contributed by atoms with Crippen molar-refractivity contribution >= 4 is 11.6 Å². The molecule has 1 aromatic carbocycles. The van der Waals surface area contributed by atoms with Gasteiger partial charge in [-0.3, -0.25) is 4.79 Å². The van der Waals surface area contributed by atoms with Crippen LogP contribution in [0.25, 0.3) is 0 Å². The van der Waals surface area contributed by atoms with E-state index in [2.05, 4.69) is 5.32 Å². The fourth-order valence-corrected chi connectivity index (χ4v) is 2.24. The van der Waals surface area contributed by atoms with E-state index < -0.39 is 0 Å². The van der Waals surface area contributed by atoms with E-state index >= 15 is 0 Å². The predicted octanol–water partition coefficient (Wildman–Crippen LogP) is 0.784. The highest BCUT2D eigenvalue weighted by Crippen LogP contribution is 2.34. The van der Waals surface area contributed by atoms with E-state index in [1.54, 1.807) is 4.90 Å². The number of fused-ring (bicyclic) bond motifs is 1. The zero-order valence-corrected chi connectivity index (χ0v) is 10.1. The van der Waals surface area contributed by atoms with Crippen LogP contribution in [0.1, 0.15) is 6.42 Å². The Morgan fingerprint density at radius 3 is 2.83 bits per heavy atom. The highest BCUT2D eigenvalue weighted by atomic mass is 16.6. The summed E-state index contributed by atoms with van der Waals surface area (Å²) >= 11 is 0. The quantitative estimate of drug-likeness (QED) is 0.798. The normalized spacial score (nSPS) is 19.6. The van der Waals surface area contributed by atoms with Crippen molar-refractivity contribution in [3.8, 4) is 11.5 Å². The van der Waals surface area contributed by atoms with Crippen LogP contribution in [0.3, 0.4) is 0 Å². The Balaban J connectivity index is 1.88. The Labute approximate surface area is 106 Å². The van der Waals surface area contributed by atoms with E-state index in [4.69, 9.17) is 9.47 Å². The highest BCUT2D eigenvalue weighted by molar-refractivity contribution is 5.94. The second-order valence-electron chi connectivity index (χ2n) is 4.37. The summed E-state index contributed by atoms with van der Waals surface area (Å²) in [7, 11) is 0. The van der Waals surface area contributed by atoms with E-state index in [9.17, 15) is 4.79 Å². The molecule has 5 heteroatoms. The number of benzene rings is 1. The number of carbonyl (C=O) groups excluding carboxylic acids is 1. The molecule has 5 nitrogen and oxygen atoms in total. The number of anilines is 1. The smallest absolute Gasteiger partial charge is 0.228 e. The molecule has 96 valence electrons. The van der Waals surface area contributed by atoms with Gasteiger partial charge in [0.15, 0.2) is 11.5 Å². The van der Waals surface area contributed by atoms with Gasteiger partial charge in [-0.25, -0.2) is 0 Å². The van der Waals surface area contributed by atoms with Gasteiger partial charge in [-0.1, -0.05) is 0 Å². The maximum absolute atomic E-state index is 12.0. The number of carbonyl (C=O) groups is 1. The summed E-state index contributed by atoms with van der Waals surface area (Å²) in [5.41, 5.74) is 0.882. The summed E-state index contributed by atoms with van der Waals surface area (Å²) in [6.07, 6.45) is 0.536. The van der Waals surface area contributed by atoms with E-state index in [-0.39, 0.29) is 5.91 Å². The standard InChI is InChI=1S/C13H16N2O3/c16-13-3-4-14-5-6-15(13)10-1-2-11-12(9-10)18-8-7-17-11/h1-2,9,14H,3-8H2. The molecule has 2 heterocycles. The van der Waals surface area contributed by atoms with Crippen LogP contribution in [0.15, 0.2) is 18.2 Å². The SMILES string of the molecule is O=C1CCNCCN1c1ccc2c(c1)OCCO2. The molecule has 0 radical (unpaired) electrons. The van der Waals surface area contributed by atoms with E-state index in [0.717, 1.165) is 30.3 Å². The summed E-state index contributed by atoms with van der Waals surface area (Å²) < 4.78 is 11.0. The van der Waals surface area contributed by atoms with Gasteiger partial charge in [0.25, 0.3) is 0 Å². The fraction of sp³-hybridized carbons (Fsp3) is 0.462. The molecule has 0 atom stereocenters. The van der Waals surface area contributed by atoms with Crippen LogP contribution in [-0.2, 0) is 4.79 Å². The van der Waals surface area contributed by atoms with Crippen LogP contribution in [0.4, 0.5) is 5.69 Å². The Morgan fingerprint density at radius 1 is 1.11 bits per heavy atom. The summed E-state index contributed by atoms with van der Waals surface area (Å²) in [5, 5.41) is 3.22. The molecule has 2 aliphatic rings. The molecular weight excluding hydrogens is 232 g/mol. The second kappa shape index (κ2) is 4.86. The topological polar surface area (TPSA) is 50.8 Å². The van der Waals surface area contributed by atoms with Crippen LogP contribution < -0.4 is 19.7 Å². The first-order chi connectivity index (χ1) is 8.84. The molecule has 1 aromatic rings. The molecule has 2 aliphatic heterocycles. The Kier molecular flexibility index (Phi) is 3.06. The lowest BCUT2D eigenvalue weighted by Crippen LogP contribution is -2.32. The molecule has 0 unspecified atom stereocenters. The van der Waals surface area contributed by atoms with Crippen LogP contribution in [0.5, 0.6) is 11.5 Å². The molecule has 0 saturated carbocycles. The average molecular weight is 248 g/mol. The van der Waals surface area contributed by atoms with E-state index in [1.807, 2.05) is 18.2 Å². The van der Waals surface area contributed by atoms with E-state index in [0.29, 0.717) is 26.2 Å². The molecule has 3 rings (SSSR count). The van der Waals surface area contributed by atoms with Crippen molar-refractivity contribution in [1.29, 1.82) is 0 Å². The number of amides is 1. The van der Waals surface area contributed by atoms with Gasteiger partial charge >= 0.3 is 0 Å². The molecule has 1 N–H and O–H groups in total. The van der Waals surface area contributed by atoms with Crippen LogP contribution in [0.2, 0.25) is 0 Å². The van der Waals surface area contributed by atoms with Crippen LogP contribution in [-0.4, -0.2) is 38.8 Å². The Bertz CT molecular complexity index is 462. The van der Waals surface area contributed by atoms with Crippen molar-refractivity contribution in [2.75, 3.05) is 37.7 Å². The molecule has 0 aliphatic carbocycles. The number of nitrogens with one attached hydrogen (secondary N) is 1. The van der Waals surface area contributed by atoms with Gasteiger partial charge in [-0.2, -0.15) is 0 Å². The summed E-state index contributed by atoms with van der Waals surface area (Å²) in [4.78, 5) is 13.8. The van der Waals surface area contributed by atoms with Gasteiger partial charge in [0.05, 0.1) is 0 Å².